The first-order valence-corrected chi connectivity index (χ1v) is 9.80. The molecule has 1 aromatic carbocycles. The molecule has 0 spiro atoms. The predicted octanol–water partition coefficient (Wildman–Crippen LogP) is 2.84. The van der Waals surface area contributed by atoms with Crippen molar-refractivity contribution in [3.05, 3.63) is 84.6 Å². The van der Waals surface area contributed by atoms with Gasteiger partial charge in [0.15, 0.2) is 0 Å². The minimum absolute atomic E-state index is 0.918. The van der Waals surface area contributed by atoms with Gasteiger partial charge in [-0.3, -0.25) is 9.80 Å². The van der Waals surface area contributed by atoms with Crippen LogP contribution in [0.2, 0.25) is 0 Å². The highest BCUT2D eigenvalue weighted by Gasteiger charge is 2.18. The summed E-state index contributed by atoms with van der Waals surface area (Å²) in [6.07, 6.45) is 8.31. The van der Waals surface area contributed by atoms with E-state index >= 15 is 0 Å². The van der Waals surface area contributed by atoms with Crippen molar-refractivity contribution in [2.45, 2.75) is 13.1 Å². The van der Waals surface area contributed by atoms with E-state index in [1.807, 2.05) is 41.2 Å². The lowest BCUT2D eigenvalue weighted by Gasteiger charge is -2.34. The highest BCUT2D eigenvalue weighted by atomic mass is 15.3. The Morgan fingerprint density at radius 3 is 2.32 bits per heavy atom. The summed E-state index contributed by atoms with van der Waals surface area (Å²) in [6, 6.07) is 16.4. The molecule has 1 aliphatic heterocycles. The Labute approximate surface area is 164 Å². The molecule has 6 heteroatoms. The molecule has 0 bridgehead atoms. The van der Waals surface area contributed by atoms with E-state index in [4.69, 9.17) is 4.98 Å². The van der Waals surface area contributed by atoms with Crippen LogP contribution in [-0.2, 0) is 13.1 Å². The Morgan fingerprint density at radius 1 is 0.786 bits per heavy atom. The van der Waals surface area contributed by atoms with Crippen LogP contribution in [0.4, 0.5) is 0 Å². The standard InChI is InChI=1S/C22H24N6/c1-2-6-21(7-3-1)28-16-19(14-23-28)15-25-10-12-26(13-11-25)17-20-18-27-9-5-4-8-22(27)24-20/h1-9,14,16,18H,10-13,15,17H2. The number of para-hydroxylation sites is 1. The van der Waals surface area contributed by atoms with Gasteiger partial charge in [0, 0.05) is 63.4 Å². The number of rotatable bonds is 5. The molecular weight excluding hydrogens is 348 g/mol. The Morgan fingerprint density at radius 2 is 1.54 bits per heavy atom. The molecule has 0 amide bonds. The monoisotopic (exact) mass is 372 g/mol. The summed E-state index contributed by atoms with van der Waals surface area (Å²) in [5.74, 6) is 0. The number of fused-ring (bicyclic) bond motifs is 1. The second-order valence-electron chi connectivity index (χ2n) is 7.38. The van der Waals surface area contributed by atoms with Gasteiger partial charge in [-0.05, 0) is 24.3 Å². The van der Waals surface area contributed by atoms with Gasteiger partial charge in [0.05, 0.1) is 17.6 Å². The zero-order valence-corrected chi connectivity index (χ0v) is 15.9. The minimum Gasteiger partial charge on any atom is -0.307 e. The summed E-state index contributed by atoms with van der Waals surface area (Å²) in [6.45, 7) is 6.16. The molecule has 28 heavy (non-hydrogen) atoms. The Balaban J connectivity index is 1.16. The number of imidazole rings is 1. The lowest BCUT2D eigenvalue weighted by Crippen LogP contribution is -2.45. The van der Waals surface area contributed by atoms with E-state index in [-0.39, 0.29) is 0 Å². The highest BCUT2D eigenvalue weighted by molar-refractivity contribution is 5.39. The average molecular weight is 372 g/mol. The quantitative estimate of drug-likeness (QED) is 0.540. The number of hydrogen-bond donors (Lipinski definition) is 0. The van der Waals surface area contributed by atoms with Crippen LogP contribution in [0.15, 0.2) is 73.3 Å². The molecule has 0 N–H and O–H groups in total. The van der Waals surface area contributed by atoms with Crippen LogP contribution in [0.25, 0.3) is 11.3 Å². The molecule has 0 aliphatic carbocycles. The van der Waals surface area contributed by atoms with Gasteiger partial charge in [-0.1, -0.05) is 24.3 Å². The predicted molar refractivity (Wildman–Crippen MR) is 109 cm³/mol. The third-order valence-corrected chi connectivity index (χ3v) is 5.33. The molecule has 4 aromatic rings. The molecule has 0 radical (unpaired) electrons. The molecule has 3 aromatic heterocycles. The zero-order chi connectivity index (χ0) is 18.8. The number of piperazine rings is 1. The van der Waals surface area contributed by atoms with Crippen LogP contribution < -0.4 is 0 Å². The number of nitrogens with zero attached hydrogens (tertiary/aromatic N) is 6. The number of hydrogen-bond acceptors (Lipinski definition) is 4. The van der Waals surface area contributed by atoms with Crippen molar-refractivity contribution in [3.63, 3.8) is 0 Å². The van der Waals surface area contributed by atoms with Gasteiger partial charge in [-0.2, -0.15) is 5.10 Å². The van der Waals surface area contributed by atoms with E-state index in [1.54, 1.807) is 0 Å². The van der Waals surface area contributed by atoms with Crippen LogP contribution in [0, 0.1) is 0 Å². The fourth-order valence-electron chi connectivity index (χ4n) is 3.82. The van der Waals surface area contributed by atoms with Gasteiger partial charge in [0.1, 0.15) is 5.65 Å². The molecule has 1 aliphatic rings. The summed E-state index contributed by atoms with van der Waals surface area (Å²) in [4.78, 5) is 9.72. The Bertz CT molecular complexity index is 1010. The maximum Gasteiger partial charge on any atom is 0.137 e. The number of pyridine rings is 1. The van der Waals surface area contributed by atoms with E-state index in [9.17, 15) is 0 Å². The normalized spacial score (nSPS) is 16.0. The van der Waals surface area contributed by atoms with Gasteiger partial charge in [-0.25, -0.2) is 9.67 Å². The van der Waals surface area contributed by atoms with Crippen LogP contribution in [0.5, 0.6) is 0 Å². The summed E-state index contributed by atoms with van der Waals surface area (Å²) in [7, 11) is 0. The summed E-state index contributed by atoms with van der Waals surface area (Å²) in [5, 5.41) is 4.51. The first-order chi connectivity index (χ1) is 13.8. The van der Waals surface area contributed by atoms with Crippen molar-refractivity contribution >= 4 is 5.65 Å². The van der Waals surface area contributed by atoms with Gasteiger partial charge in [0.25, 0.3) is 0 Å². The van der Waals surface area contributed by atoms with Crippen molar-refractivity contribution < 1.29 is 0 Å². The van der Waals surface area contributed by atoms with E-state index in [2.05, 4.69) is 56.1 Å². The van der Waals surface area contributed by atoms with Crippen LogP contribution in [0.1, 0.15) is 11.3 Å². The minimum atomic E-state index is 0.918. The van der Waals surface area contributed by atoms with Gasteiger partial charge < -0.3 is 4.40 Å². The third-order valence-electron chi connectivity index (χ3n) is 5.33. The summed E-state index contributed by atoms with van der Waals surface area (Å²) in [5.41, 5.74) is 4.53. The lowest BCUT2D eigenvalue weighted by molar-refractivity contribution is 0.121. The zero-order valence-electron chi connectivity index (χ0n) is 15.9. The van der Waals surface area contributed by atoms with Crippen molar-refractivity contribution in [3.8, 4) is 5.69 Å². The molecule has 1 saturated heterocycles. The smallest absolute Gasteiger partial charge is 0.137 e. The molecule has 0 atom stereocenters. The van der Waals surface area contributed by atoms with Crippen LogP contribution >= 0.6 is 0 Å². The third kappa shape index (κ3) is 3.69. The summed E-state index contributed by atoms with van der Waals surface area (Å²) >= 11 is 0. The average Bonchev–Trinajstić information content (AvgIpc) is 3.36. The maximum atomic E-state index is 4.72. The lowest BCUT2D eigenvalue weighted by atomic mass is 10.2. The van der Waals surface area contributed by atoms with Gasteiger partial charge in [0.2, 0.25) is 0 Å². The second kappa shape index (κ2) is 7.58. The molecule has 0 saturated carbocycles. The largest absolute Gasteiger partial charge is 0.307 e. The van der Waals surface area contributed by atoms with E-state index in [1.165, 1.54) is 5.56 Å². The fraction of sp³-hybridized carbons (Fsp3) is 0.273. The molecule has 6 nitrogen and oxygen atoms in total. The van der Waals surface area contributed by atoms with Crippen molar-refractivity contribution in [1.29, 1.82) is 0 Å². The molecule has 142 valence electrons. The first kappa shape index (κ1) is 17.2. The van der Waals surface area contributed by atoms with Crippen LogP contribution in [0.3, 0.4) is 0 Å². The SMILES string of the molecule is c1ccc(-n2cc(CN3CCN(Cc4cn5ccccc5n4)CC3)cn2)cc1. The van der Waals surface area contributed by atoms with E-state index in [0.29, 0.717) is 0 Å². The van der Waals surface area contributed by atoms with Gasteiger partial charge in [-0.15, -0.1) is 0 Å². The topological polar surface area (TPSA) is 41.6 Å². The second-order valence-corrected chi connectivity index (χ2v) is 7.38. The van der Waals surface area contributed by atoms with Crippen molar-refractivity contribution in [2.24, 2.45) is 0 Å². The first-order valence-electron chi connectivity index (χ1n) is 9.80. The molecule has 1 fully saturated rings. The number of benzene rings is 1. The van der Waals surface area contributed by atoms with E-state index in [0.717, 1.165) is 56.3 Å². The molecular formula is C22H24N6. The molecule has 0 unspecified atom stereocenters. The number of aromatic nitrogens is 4. The van der Waals surface area contributed by atoms with Crippen molar-refractivity contribution in [2.75, 3.05) is 26.2 Å². The Kier molecular flexibility index (Phi) is 4.64. The highest BCUT2D eigenvalue weighted by Crippen LogP contribution is 2.13. The molecule has 4 heterocycles. The Hall–Kier alpha value is -2.96. The van der Waals surface area contributed by atoms with E-state index < -0.39 is 0 Å². The summed E-state index contributed by atoms with van der Waals surface area (Å²) < 4.78 is 4.05. The van der Waals surface area contributed by atoms with Crippen molar-refractivity contribution in [1.82, 2.24) is 29.0 Å². The van der Waals surface area contributed by atoms with Crippen LogP contribution in [-0.4, -0.2) is 55.1 Å². The van der Waals surface area contributed by atoms with Gasteiger partial charge >= 0.3 is 0 Å². The maximum absolute atomic E-state index is 4.72. The molecule has 5 rings (SSSR count). The fourth-order valence-corrected chi connectivity index (χ4v) is 3.82.